The zero-order valence-electron chi connectivity index (χ0n) is 13.2. The molecule has 3 rings (SSSR count). The van der Waals surface area contributed by atoms with Gasteiger partial charge in [0.05, 0.1) is 12.1 Å². The number of halogens is 4. The van der Waals surface area contributed by atoms with Gasteiger partial charge in [0, 0.05) is 31.2 Å². The van der Waals surface area contributed by atoms with Crippen molar-refractivity contribution in [1.29, 1.82) is 0 Å². The van der Waals surface area contributed by atoms with Crippen molar-refractivity contribution in [3.05, 3.63) is 34.3 Å². The van der Waals surface area contributed by atoms with E-state index in [2.05, 4.69) is 5.01 Å². The van der Waals surface area contributed by atoms with E-state index in [1.807, 2.05) is 0 Å². The Morgan fingerprint density at radius 3 is 2.38 bits per heavy atom. The molecule has 2 fully saturated rings. The summed E-state index contributed by atoms with van der Waals surface area (Å²) >= 11 is 5.98. The van der Waals surface area contributed by atoms with Gasteiger partial charge >= 0.3 is 12.2 Å². The average Bonchev–Trinajstić information content (AvgIpc) is 2.90. The van der Waals surface area contributed by atoms with Crippen LogP contribution in [0.15, 0.2) is 18.2 Å². The highest BCUT2D eigenvalue weighted by Gasteiger charge is 2.34. The van der Waals surface area contributed by atoms with Crippen LogP contribution in [0.2, 0.25) is 5.02 Å². The first-order chi connectivity index (χ1) is 11.4. The molecule has 0 radical (unpaired) electrons. The maximum absolute atomic E-state index is 12.7. The third kappa shape index (κ3) is 3.62. The Hall–Kier alpha value is -1.47. The van der Waals surface area contributed by atoms with Gasteiger partial charge in [0.15, 0.2) is 0 Å². The molecular formula is C16H19ClF3N3O. The van der Waals surface area contributed by atoms with Gasteiger partial charge in [-0.15, -0.1) is 0 Å². The lowest BCUT2D eigenvalue weighted by Gasteiger charge is -2.34. The Kier molecular flexibility index (Phi) is 4.92. The summed E-state index contributed by atoms with van der Waals surface area (Å²) < 4.78 is 38.1. The van der Waals surface area contributed by atoms with Crippen LogP contribution < -0.4 is 0 Å². The number of amides is 2. The summed E-state index contributed by atoms with van der Waals surface area (Å²) in [5.74, 6) is 0. The minimum atomic E-state index is -4.42. The fourth-order valence-electron chi connectivity index (χ4n) is 3.16. The number of benzene rings is 1. The van der Waals surface area contributed by atoms with Crippen LogP contribution in [0.1, 0.15) is 30.4 Å². The van der Waals surface area contributed by atoms with Gasteiger partial charge in [0.25, 0.3) is 0 Å². The Balaban J connectivity index is 1.67. The van der Waals surface area contributed by atoms with E-state index in [0.717, 1.165) is 38.1 Å². The molecule has 2 saturated heterocycles. The Bertz CT molecular complexity index is 617. The number of carbonyl (C=O) groups excluding carboxylic acids is 1. The highest BCUT2D eigenvalue weighted by atomic mass is 35.5. The fourth-order valence-corrected chi connectivity index (χ4v) is 3.40. The summed E-state index contributed by atoms with van der Waals surface area (Å²) in [6.45, 7) is 3.13. The summed E-state index contributed by atoms with van der Waals surface area (Å²) in [6, 6.07) is 3.17. The smallest absolute Gasteiger partial charge is 0.317 e. The lowest BCUT2D eigenvalue weighted by Crippen LogP contribution is -2.47. The second-order valence-corrected chi connectivity index (χ2v) is 6.55. The lowest BCUT2D eigenvalue weighted by atomic mass is 10.1. The molecule has 2 amide bonds. The third-order valence-corrected chi connectivity index (χ3v) is 4.84. The number of hydrogen-bond donors (Lipinski definition) is 0. The molecular weight excluding hydrogens is 343 g/mol. The number of hydrogen-bond acceptors (Lipinski definition) is 2. The Morgan fingerprint density at radius 2 is 1.75 bits per heavy atom. The van der Waals surface area contributed by atoms with Crippen molar-refractivity contribution >= 4 is 17.6 Å². The molecule has 0 N–H and O–H groups in total. The maximum Gasteiger partial charge on any atom is 0.416 e. The van der Waals surface area contributed by atoms with Crippen LogP contribution in [0.5, 0.6) is 0 Å². The summed E-state index contributed by atoms with van der Waals surface area (Å²) in [5.41, 5.74) is -0.252. The van der Waals surface area contributed by atoms with E-state index in [0.29, 0.717) is 18.7 Å². The quantitative estimate of drug-likeness (QED) is 0.813. The molecule has 1 aromatic rings. The zero-order valence-corrected chi connectivity index (χ0v) is 13.9. The number of piperidine rings is 1. The van der Waals surface area contributed by atoms with Crippen LogP contribution in [-0.2, 0) is 12.7 Å². The summed E-state index contributed by atoms with van der Waals surface area (Å²) in [5, 5.41) is 3.85. The molecule has 0 saturated carbocycles. The van der Waals surface area contributed by atoms with Crippen molar-refractivity contribution in [2.45, 2.75) is 32.0 Å². The predicted octanol–water partition coefficient (Wildman–Crippen LogP) is 4.00. The molecule has 1 aromatic carbocycles. The van der Waals surface area contributed by atoms with Gasteiger partial charge in [-0.1, -0.05) is 24.1 Å². The van der Waals surface area contributed by atoms with Crippen LogP contribution in [0.25, 0.3) is 0 Å². The number of rotatable bonds is 3. The third-order valence-electron chi connectivity index (χ3n) is 4.49. The molecule has 132 valence electrons. The molecule has 2 aliphatic rings. The fraction of sp³-hybridized carbons (Fsp3) is 0.562. The van der Waals surface area contributed by atoms with Gasteiger partial charge in [-0.3, -0.25) is 5.01 Å². The SMILES string of the molecule is O=C1N(Cc2ccc(C(F)(F)F)cc2Cl)CCN1N1CCCCC1. The van der Waals surface area contributed by atoms with Gasteiger partial charge in [0.1, 0.15) is 0 Å². The maximum atomic E-state index is 12.7. The molecule has 2 aliphatic heterocycles. The van der Waals surface area contributed by atoms with E-state index < -0.39 is 11.7 Å². The molecule has 2 heterocycles. The molecule has 24 heavy (non-hydrogen) atoms. The van der Waals surface area contributed by atoms with Gasteiger partial charge in [0.2, 0.25) is 0 Å². The molecule has 8 heteroatoms. The second-order valence-electron chi connectivity index (χ2n) is 6.15. The Morgan fingerprint density at radius 1 is 1.04 bits per heavy atom. The predicted molar refractivity (Wildman–Crippen MR) is 84.4 cm³/mol. The highest BCUT2D eigenvalue weighted by Crippen LogP contribution is 2.32. The first-order valence-electron chi connectivity index (χ1n) is 8.03. The number of hydrazine groups is 1. The number of alkyl halides is 3. The molecule has 0 spiro atoms. The Labute approximate surface area is 143 Å². The normalized spacial score (nSPS) is 20.1. The van der Waals surface area contributed by atoms with Gasteiger partial charge in [-0.2, -0.15) is 13.2 Å². The standard InChI is InChI=1S/C16H19ClF3N3O/c17-14-10-13(16(18,19)20)5-4-12(14)11-21-8-9-23(15(21)24)22-6-2-1-3-7-22/h4-5,10H,1-3,6-9,11H2. The second kappa shape index (κ2) is 6.80. The van der Waals surface area contributed by atoms with Crippen molar-refractivity contribution in [2.24, 2.45) is 0 Å². The van der Waals surface area contributed by atoms with E-state index in [1.54, 1.807) is 9.91 Å². The molecule has 0 aromatic heterocycles. The minimum Gasteiger partial charge on any atom is -0.317 e. The van der Waals surface area contributed by atoms with Crippen molar-refractivity contribution in [2.75, 3.05) is 26.2 Å². The number of nitrogens with zero attached hydrogens (tertiary/aromatic N) is 3. The van der Waals surface area contributed by atoms with E-state index >= 15 is 0 Å². The summed E-state index contributed by atoms with van der Waals surface area (Å²) in [6.07, 6.45) is -1.08. The van der Waals surface area contributed by atoms with Crippen molar-refractivity contribution in [3.8, 4) is 0 Å². The molecule has 0 aliphatic carbocycles. The molecule has 4 nitrogen and oxygen atoms in total. The minimum absolute atomic E-state index is 0.0362. The lowest BCUT2D eigenvalue weighted by molar-refractivity contribution is -0.137. The first kappa shape index (κ1) is 17.4. The van der Waals surface area contributed by atoms with Gasteiger partial charge in [-0.25, -0.2) is 9.80 Å². The number of urea groups is 1. The zero-order chi connectivity index (χ0) is 17.3. The van der Waals surface area contributed by atoms with Crippen molar-refractivity contribution in [3.63, 3.8) is 0 Å². The molecule has 0 atom stereocenters. The van der Waals surface area contributed by atoms with Crippen LogP contribution in [0.3, 0.4) is 0 Å². The van der Waals surface area contributed by atoms with Crippen LogP contribution in [-0.4, -0.2) is 47.1 Å². The van der Waals surface area contributed by atoms with E-state index in [4.69, 9.17) is 11.6 Å². The average molecular weight is 362 g/mol. The summed E-state index contributed by atoms with van der Waals surface area (Å²) in [7, 11) is 0. The topological polar surface area (TPSA) is 26.8 Å². The van der Waals surface area contributed by atoms with Crippen molar-refractivity contribution in [1.82, 2.24) is 14.9 Å². The molecule has 0 unspecified atom stereocenters. The number of carbonyl (C=O) groups is 1. The van der Waals surface area contributed by atoms with E-state index in [1.165, 1.54) is 12.5 Å². The monoisotopic (exact) mass is 361 g/mol. The van der Waals surface area contributed by atoms with Crippen LogP contribution in [0, 0.1) is 0 Å². The van der Waals surface area contributed by atoms with E-state index in [-0.39, 0.29) is 17.6 Å². The molecule has 0 bridgehead atoms. The van der Waals surface area contributed by atoms with Crippen LogP contribution in [0.4, 0.5) is 18.0 Å². The highest BCUT2D eigenvalue weighted by molar-refractivity contribution is 6.31. The summed E-state index contributed by atoms with van der Waals surface area (Å²) in [4.78, 5) is 14.2. The van der Waals surface area contributed by atoms with Crippen molar-refractivity contribution < 1.29 is 18.0 Å². The van der Waals surface area contributed by atoms with Crippen LogP contribution >= 0.6 is 11.6 Å². The van der Waals surface area contributed by atoms with Gasteiger partial charge in [-0.05, 0) is 30.5 Å². The largest absolute Gasteiger partial charge is 0.416 e. The van der Waals surface area contributed by atoms with E-state index in [9.17, 15) is 18.0 Å². The van der Waals surface area contributed by atoms with Gasteiger partial charge < -0.3 is 4.90 Å². The first-order valence-corrected chi connectivity index (χ1v) is 8.41.